The normalized spacial score (nSPS) is 12.9. The summed E-state index contributed by atoms with van der Waals surface area (Å²) >= 11 is 0. The number of hydrogen-bond acceptors (Lipinski definition) is 1. The van der Waals surface area contributed by atoms with Gasteiger partial charge in [0.1, 0.15) is 0 Å². The first-order valence-corrected chi connectivity index (χ1v) is 5.51. The van der Waals surface area contributed by atoms with Gasteiger partial charge in [0, 0.05) is 6.04 Å². The minimum atomic E-state index is 0.455. The summed E-state index contributed by atoms with van der Waals surface area (Å²) < 4.78 is 0. The van der Waals surface area contributed by atoms with Crippen molar-refractivity contribution in [3.63, 3.8) is 0 Å². The van der Waals surface area contributed by atoms with Gasteiger partial charge < -0.3 is 5.32 Å². The zero-order valence-electron chi connectivity index (χ0n) is 9.33. The summed E-state index contributed by atoms with van der Waals surface area (Å²) in [7, 11) is 2.02. The Balaban J connectivity index is 2.59. The van der Waals surface area contributed by atoms with E-state index in [1.165, 1.54) is 16.3 Å². The van der Waals surface area contributed by atoms with Crippen molar-refractivity contribution >= 4 is 10.8 Å². The Hall–Kier alpha value is -1.34. The Morgan fingerprint density at radius 3 is 2.53 bits per heavy atom. The molecule has 0 aromatic heterocycles. The highest BCUT2D eigenvalue weighted by molar-refractivity contribution is 5.86. The Labute approximate surface area is 91.1 Å². The molecule has 1 atom stereocenters. The van der Waals surface area contributed by atoms with E-state index >= 15 is 0 Å². The van der Waals surface area contributed by atoms with Crippen LogP contribution < -0.4 is 5.32 Å². The lowest BCUT2D eigenvalue weighted by Crippen LogP contribution is -2.15. The maximum atomic E-state index is 3.36. The number of hydrogen-bond donors (Lipinski definition) is 1. The van der Waals surface area contributed by atoms with Crippen molar-refractivity contribution in [3.05, 3.63) is 48.0 Å². The van der Waals surface area contributed by atoms with Crippen LogP contribution in [-0.2, 0) is 0 Å². The van der Waals surface area contributed by atoms with Gasteiger partial charge in [-0.15, -0.1) is 0 Å². The Morgan fingerprint density at radius 2 is 1.80 bits per heavy atom. The summed E-state index contributed by atoms with van der Waals surface area (Å²) in [6.45, 7) is 2.21. The molecule has 0 aliphatic heterocycles. The number of benzene rings is 2. The fourth-order valence-corrected chi connectivity index (χ4v) is 2.13. The lowest BCUT2D eigenvalue weighted by Gasteiger charge is -2.16. The van der Waals surface area contributed by atoms with Crippen molar-refractivity contribution in [1.29, 1.82) is 0 Å². The van der Waals surface area contributed by atoms with Crippen LogP contribution in [0.2, 0.25) is 0 Å². The molecule has 0 fully saturated rings. The quantitative estimate of drug-likeness (QED) is 0.797. The molecule has 0 spiro atoms. The molecule has 0 heterocycles. The first kappa shape index (κ1) is 10.2. The summed E-state index contributed by atoms with van der Waals surface area (Å²) in [6, 6.07) is 15.5. The van der Waals surface area contributed by atoms with Crippen molar-refractivity contribution < 1.29 is 0 Å². The topological polar surface area (TPSA) is 12.0 Å². The average molecular weight is 199 g/mol. The van der Waals surface area contributed by atoms with Gasteiger partial charge in [-0.25, -0.2) is 0 Å². The fraction of sp³-hybridized carbons (Fsp3) is 0.286. The highest BCUT2D eigenvalue weighted by Crippen LogP contribution is 2.25. The van der Waals surface area contributed by atoms with Crippen molar-refractivity contribution in [2.45, 2.75) is 19.4 Å². The van der Waals surface area contributed by atoms with E-state index in [0.29, 0.717) is 6.04 Å². The number of fused-ring (bicyclic) bond motifs is 1. The van der Waals surface area contributed by atoms with E-state index in [2.05, 4.69) is 54.7 Å². The second-order valence-corrected chi connectivity index (χ2v) is 3.82. The largest absolute Gasteiger partial charge is 0.313 e. The summed E-state index contributed by atoms with van der Waals surface area (Å²) in [5, 5.41) is 6.05. The standard InChI is InChI=1S/C14H17N/c1-3-14(15-2)13-10-6-8-11-7-4-5-9-12(11)13/h4-10,14-15H,3H2,1-2H3/t14-/m1/s1. The molecule has 0 saturated carbocycles. The van der Waals surface area contributed by atoms with Crippen LogP contribution >= 0.6 is 0 Å². The van der Waals surface area contributed by atoms with Crippen LogP contribution in [0.25, 0.3) is 10.8 Å². The lowest BCUT2D eigenvalue weighted by molar-refractivity contribution is 0.581. The molecule has 0 saturated heterocycles. The molecule has 0 bridgehead atoms. The van der Waals surface area contributed by atoms with Crippen molar-refractivity contribution in [3.8, 4) is 0 Å². The van der Waals surface area contributed by atoms with Crippen molar-refractivity contribution in [2.24, 2.45) is 0 Å². The van der Waals surface area contributed by atoms with Crippen LogP contribution in [0.3, 0.4) is 0 Å². The molecule has 0 aliphatic carbocycles. The first-order chi connectivity index (χ1) is 7.36. The van der Waals surface area contributed by atoms with E-state index in [4.69, 9.17) is 0 Å². The van der Waals surface area contributed by atoms with E-state index in [1.54, 1.807) is 0 Å². The number of rotatable bonds is 3. The zero-order valence-corrected chi connectivity index (χ0v) is 9.33. The average Bonchev–Trinajstić information content (AvgIpc) is 2.31. The third-order valence-corrected chi connectivity index (χ3v) is 2.96. The molecule has 1 nitrogen and oxygen atoms in total. The molecular formula is C14H17N. The second kappa shape index (κ2) is 4.45. The maximum Gasteiger partial charge on any atom is 0.0321 e. The van der Waals surface area contributed by atoms with E-state index < -0.39 is 0 Å². The number of nitrogens with one attached hydrogen (secondary N) is 1. The highest BCUT2D eigenvalue weighted by atomic mass is 14.9. The van der Waals surface area contributed by atoms with Crippen molar-refractivity contribution in [2.75, 3.05) is 7.05 Å². The summed E-state index contributed by atoms with van der Waals surface area (Å²) in [5.74, 6) is 0. The van der Waals surface area contributed by atoms with E-state index in [-0.39, 0.29) is 0 Å². The third kappa shape index (κ3) is 1.88. The van der Waals surface area contributed by atoms with Crippen LogP contribution in [0.1, 0.15) is 24.9 Å². The van der Waals surface area contributed by atoms with Crippen LogP contribution in [0.15, 0.2) is 42.5 Å². The molecule has 2 rings (SSSR count). The van der Waals surface area contributed by atoms with Gasteiger partial charge in [0.05, 0.1) is 0 Å². The molecule has 0 amide bonds. The minimum absolute atomic E-state index is 0.455. The van der Waals surface area contributed by atoms with Crippen LogP contribution in [-0.4, -0.2) is 7.05 Å². The van der Waals surface area contributed by atoms with Crippen LogP contribution in [0, 0.1) is 0 Å². The van der Waals surface area contributed by atoms with Gasteiger partial charge >= 0.3 is 0 Å². The van der Waals surface area contributed by atoms with E-state index in [9.17, 15) is 0 Å². The lowest BCUT2D eigenvalue weighted by atomic mass is 9.97. The van der Waals surface area contributed by atoms with Gasteiger partial charge in [0.25, 0.3) is 0 Å². The van der Waals surface area contributed by atoms with E-state index in [1.807, 2.05) is 7.05 Å². The smallest absolute Gasteiger partial charge is 0.0321 e. The second-order valence-electron chi connectivity index (χ2n) is 3.82. The van der Waals surface area contributed by atoms with Gasteiger partial charge in [-0.05, 0) is 29.8 Å². The molecule has 1 heteroatoms. The predicted octanol–water partition coefficient (Wildman–Crippen LogP) is 3.51. The zero-order chi connectivity index (χ0) is 10.7. The Kier molecular flexibility index (Phi) is 3.02. The van der Waals surface area contributed by atoms with Crippen LogP contribution in [0.5, 0.6) is 0 Å². The third-order valence-electron chi connectivity index (χ3n) is 2.96. The van der Waals surface area contributed by atoms with Gasteiger partial charge in [-0.1, -0.05) is 49.4 Å². The molecule has 2 aromatic carbocycles. The van der Waals surface area contributed by atoms with Gasteiger partial charge in [-0.2, -0.15) is 0 Å². The van der Waals surface area contributed by atoms with Gasteiger partial charge in [0.15, 0.2) is 0 Å². The molecule has 1 N–H and O–H groups in total. The summed E-state index contributed by atoms with van der Waals surface area (Å²) in [5.41, 5.74) is 1.40. The highest BCUT2D eigenvalue weighted by Gasteiger charge is 2.08. The molecule has 15 heavy (non-hydrogen) atoms. The van der Waals surface area contributed by atoms with Crippen LogP contribution in [0.4, 0.5) is 0 Å². The Bertz CT molecular complexity index is 439. The predicted molar refractivity (Wildman–Crippen MR) is 66.0 cm³/mol. The first-order valence-electron chi connectivity index (χ1n) is 5.51. The summed E-state index contributed by atoms with van der Waals surface area (Å²) in [4.78, 5) is 0. The molecule has 78 valence electrons. The Morgan fingerprint density at radius 1 is 1.07 bits per heavy atom. The van der Waals surface area contributed by atoms with E-state index in [0.717, 1.165) is 6.42 Å². The molecular weight excluding hydrogens is 182 g/mol. The molecule has 0 radical (unpaired) electrons. The monoisotopic (exact) mass is 199 g/mol. The molecule has 2 aromatic rings. The maximum absolute atomic E-state index is 3.36. The molecule has 0 aliphatic rings. The molecule has 0 unspecified atom stereocenters. The SMILES string of the molecule is CC[C@@H](NC)c1cccc2ccccc12. The van der Waals surface area contributed by atoms with Crippen molar-refractivity contribution in [1.82, 2.24) is 5.32 Å². The minimum Gasteiger partial charge on any atom is -0.313 e. The fourth-order valence-electron chi connectivity index (χ4n) is 2.13. The summed E-state index contributed by atoms with van der Waals surface area (Å²) in [6.07, 6.45) is 1.12. The van der Waals surface area contributed by atoms with Gasteiger partial charge in [-0.3, -0.25) is 0 Å². The van der Waals surface area contributed by atoms with Gasteiger partial charge in [0.2, 0.25) is 0 Å².